The van der Waals surface area contributed by atoms with Gasteiger partial charge in [-0.2, -0.15) is 0 Å². The van der Waals surface area contributed by atoms with E-state index in [0.29, 0.717) is 5.69 Å². The van der Waals surface area contributed by atoms with Crippen molar-refractivity contribution in [1.82, 2.24) is 4.98 Å². The number of nitrogens with zero attached hydrogens (tertiary/aromatic N) is 1. The summed E-state index contributed by atoms with van der Waals surface area (Å²) in [6.07, 6.45) is 0. The van der Waals surface area contributed by atoms with Gasteiger partial charge in [0.25, 0.3) is 0 Å². The Morgan fingerprint density at radius 3 is 2.08 bits per heavy atom. The van der Waals surface area contributed by atoms with E-state index >= 15 is 0 Å². The zero-order chi connectivity index (χ0) is 18.0. The molecule has 0 fully saturated rings. The van der Waals surface area contributed by atoms with Crippen molar-refractivity contribution in [2.75, 3.05) is 0 Å². The average molecular weight is 351 g/mol. The molecule has 4 heteroatoms. The predicted octanol–water partition coefficient (Wildman–Crippen LogP) is 5.01. The van der Waals surface area contributed by atoms with Gasteiger partial charge in [0.2, 0.25) is 9.84 Å². The van der Waals surface area contributed by atoms with Crippen LogP contribution in [0.25, 0.3) is 11.3 Å². The lowest BCUT2D eigenvalue weighted by atomic mass is 10.1. The first-order valence-corrected chi connectivity index (χ1v) is 9.76. The molecule has 0 aliphatic rings. The zero-order valence-electron chi connectivity index (χ0n) is 14.6. The summed E-state index contributed by atoms with van der Waals surface area (Å²) in [5.41, 5.74) is 3.21. The molecule has 0 saturated heterocycles. The molecular formula is C21H21NO2S. The molecule has 0 bridgehead atoms. The van der Waals surface area contributed by atoms with E-state index in [1.165, 1.54) is 0 Å². The Balaban J connectivity index is 2.23. The second kappa shape index (κ2) is 6.81. The fraction of sp³-hybridized carbons (Fsp3) is 0.190. The number of pyridine rings is 1. The third kappa shape index (κ3) is 3.49. The minimum atomic E-state index is -3.64. The maximum atomic E-state index is 13.2. The summed E-state index contributed by atoms with van der Waals surface area (Å²) in [7, 11) is -3.64. The number of aromatic nitrogens is 1. The fourth-order valence-corrected chi connectivity index (χ4v) is 4.06. The summed E-state index contributed by atoms with van der Waals surface area (Å²) in [5.74, 6) is 0.221. The zero-order valence-corrected chi connectivity index (χ0v) is 15.4. The number of sulfone groups is 1. The smallest absolute Gasteiger partial charge is 0.208 e. The first-order valence-electron chi connectivity index (χ1n) is 8.27. The summed E-state index contributed by atoms with van der Waals surface area (Å²) in [4.78, 5) is 5.20. The topological polar surface area (TPSA) is 47.0 Å². The van der Waals surface area contributed by atoms with Crippen molar-refractivity contribution in [3.8, 4) is 11.3 Å². The Kier molecular flexibility index (Phi) is 4.73. The number of aryl methyl sites for hydroxylation is 1. The molecule has 1 aromatic heterocycles. The van der Waals surface area contributed by atoms with E-state index in [-0.39, 0.29) is 15.7 Å². The summed E-state index contributed by atoms with van der Waals surface area (Å²) < 4.78 is 26.4. The highest BCUT2D eigenvalue weighted by molar-refractivity contribution is 7.91. The molecule has 0 saturated carbocycles. The summed E-state index contributed by atoms with van der Waals surface area (Å²) in [6.45, 7) is 6.03. The van der Waals surface area contributed by atoms with E-state index in [0.717, 1.165) is 16.8 Å². The molecule has 1 heterocycles. The third-order valence-electron chi connectivity index (χ3n) is 4.14. The van der Waals surface area contributed by atoms with E-state index in [2.05, 4.69) is 4.98 Å². The van der Waals surface area contributed by atoms with E-state index in [1.54, 1.807) is 24.3 Å². The summed E-state index contributed by atoms with van der Waals surface area (Å²) in [5, 5.41) is 0. The monoisotopic (exact) mass is 351 g/mol. The molecule has 2 aromatic carbocycles. The Morgan fingerprint density at radius 1 is 0.840 bits per heavy atom. The molecule has 0 atom stereocenters. The van der Waals surface area contributed by atoms with Crippen molar-refractivity contribution in [3.05, 3.63) is 78.0 Å². The molecule has 3 rings (SSSR count). The van der Waals surface area contributed by atoms with Crippen molar-refractivity contribution >= 4 is 9.84 Å². The number of rotatable bonds is 4. The molecule has 0 radical (unpaired) electrons. The third-order valence-corrected chi connectivity index (χ3v) is 5.94. The lowest BCUT2D eigenvalue weighted by molar-refractivity contribution is 0.596. The minimum absolute atomic E-state index is 0.221. The second-order valence-electron chi connectivity index (χ2n) is 6.42. The first-order chi connectivity index (χ1) is 11.9. The van der Waals surface area contributed by atoms with Gasteiger partial charge < -0.3 is 0 Å². The van der Waals surface area contributed by atoms with E-state index in [4.69, 9.17) is 0 Å². The Morgan fingerprint density at radius 2 is 1.48 bits per heavy atom. The Hall–Kier alpha value is -2.46. The molecule has 0 N–H and O–H groups in total. The van der Waals surface area contributed by atoms with Gasteiger partial charge in [0.1, 0.15) is 0 Å². The van der Waals surface area contributed by atoms with Gasteiger partial charge in [0, 0.05) is 11.3 Å². The van der Waals surface area contributed by atoms with Gasteiger partial charge in [-0.05, 0) is 37.1 Å². The van der Waals surface area contributed by atoms with Crippen LogP contribution in [0.15, 0.2) is 76.5 Å². The van der Waals surface area contributed by atoms with Gasteiger partial charge in [-0.1, -0.05) is 61.9 Å². The molecular weight excluding hydrogens is 330 g/mol. The molecule has 25 heavy (non-hydrogen) atoms. The molecule has 0 aliphatic carbocycles. The maximum absolute atomic E-state index is 13.2. The Labute approximate surface area is 149 Å². The van der Waals surface area contributed by atoms with Crippen LogP contribution < -0.4 is 0 Å². The molecule has 3 nitrogen and oxygen atoms in total. The lowest BCUT2D eigenvalue weighted by Gasteiger charge is -2.14. The SMILES string of the molecule is Cc1ccc(S(=O)(=O)c2ccc(C(C)C)nc2-c2ccccc2)cc1. The van der Waals surface area contributed by atoms with Crippen LogP contribution in [-0.2, 0) is 9.84 Å². The van der Waals surface area contributed by atoms with Crippen LogP contribution >= 0.6 is 0 Å². The number of benzene rings is 2. The molecule has 0 spiro atoms. The van der Waals surface area contributed by atoms with Crippen molar-refractivity contribution < 1.29 is 8.42 Å². The van der Waals surface area contributed by atoms with Crippen LogP contribution in [0, 0.1) is 6.92 Å². The van der Waals surface area contributed by atoms with Crippen LogP contribution in [0.2, 0.25) is 0 Å². The highest BCUT2D eigenvalue weighted by Gasteiger charge is 2.23. The van der Waals surface area contributed by atoms with Crippen LogP contribution in [0.5, 0.6) is 0 Å². The molecule has 0 amide bonds. The van der Waals surface area contributed by atoms with Gasteiger partial charge in [0.05, 0.1) is 15.5 Å². The number of hydrogen-bond donors (Lipinski definition) is 0. The van der Waals surface area contributed by atoms with E-state index in [9.17, 15) is 8.42 Å². The van der Waals surface area contributed by atoms with Gasteiger partial charge in [0.15, 0.2) is 0 Å². The van der Waals surface area contributed by atoms with Crippen LogP contribution in [0.4, 0.5) is 0 Å². The van der Waals surface area contributed by atoms with Crippen LogP contribution in [0.1, 0.15) is 31.0 Å². The molecule has 0 aliphatic heterocycles. The molecule has 0 unspecified atom stereocenters. The highest BCUT2D eigenvalue weighted by Crippen LogP contribution is 2.31. The van der Waals surface area contributed by atoms with Crippen molar-refractivity contribution in [1.29, 1.82) is 0 Å². The average Bonchev–Trinajstić information content (AvgIpc) is 2.62. The normalized spacial score (nSPS) is 11.7. The largest absolute Gasteiger partial charge is 0.251 e. The quantitative estimate of drug-likeness (QED) is 0.663. The number of hydrogen-bond acceptors (Lipinski definition) is 3. The van der Waals surface area contributed by atoms with Gasteiger partial charge >= 0.3 is 0 Å². The van der Waals surface area contributed by atoms with Crippen molar-refractivity contribution in [3.63, 3.8) is 0 Å². The van der Waals surface area contributed by atoms with E-state index in [1.807, 2.05) is 63.2 Å². The van der Waals surface area contributed by atoms with Gasteiger partial charge in [-0.3, -0.25) is 4.98 Å². The standard InChI is InChI=1S/C21H21NO2S/c1-15(2)19-13-14-20(21(22-19)17-7-5-4-6-8-17)25(23,24)18-11-9-16(3)10-12-18/h4-15H,1-3H3. The summed E-state index contributed by atoms with van der Waals surface area (Å²) >= 11 is 0. The predicted molar refractivity (Wildman–Crippen MR) is 100 cm³/mol. The molecule has 3 aromatic rings. The summed E-state index contributed by atoms with van der Waals surface area (Å²) in [6, 6.07) is 19.9. The minimum Gasteiger partial charge on any atom is -0.251 e. The van der Waals surface area contributed by atoms with Gasteiger partial charge in [-0.15, -0.1) is 0 Å². The highest BCUT2D eigenvalue weighted by atomic mass is 32.2. The first kappa shape index (κ1) is 17.4. The lowest BCUT2D eigenvalue weighted by Crippen LogP contribution is -2.07. The Bertz CT molecular complexity index is 976. The molecule has 128 valence electrons. The second-order valence-corrected chi connectivity index (χ2v) is 8.34. The van der Waals surface area contributed by atoms with Crippen molar-refractivity contribution in [2.24, 2.45) is 0 Å². The van der Waals surface area contributed by atoms with Crippen molar-refractivity contribution in [2.45, 2.75) is 36.5 Å². The van der Waals surface area contributed by atoms with Crippen LogP contribution in [-0.4, -0.2) is 13.4 Å². The maximum Gasteiger partial charge on any atom is 0.208 e. The van der Waals surface area contributed by atoms with E-state index < -0.39 is 9.84 Å². The van der Waals surface area contributed by atoms with Crippen LogP contribution in [0.3, 0.4) is 0 Å². The fourth-order valence-electron chi connectivity index (χ4n) is 2.65. The van der Waals surface area contributed by atoms with Gasteiger partial charge in [-0.25, -0.2) is 8.42 Å².